The molecule has 1 aromatic carbocycles. The molecule has 1 aromatic rings. The van der Waals surface area contributed by atoms with E-state index in [1.54, 1.807) is 12.1 Å². The molecule has 0 spiro atoms. The molecular formula is C16H26F2N2. The number of nitrogens with two attached hydrogens (primary N) is 1. The summed E-state index contributed by atoms with van der Waals surface area (Å²) < 4.78 is 27.4. The van der Waals surface area contributed by atoms with Gasteiger partial charge in [0, 0.05) is 18.2 Å². The average Bonchev–Trinajstić information content (AvgIpc) is 2.42. The molecule has 0 saturated heterocycles. The second kappa shape index (κ2) is 8.32. The van der Waals surface area contributed by atoms with Gasteiger partial charge in [0.15, 0.2) is 11.6 Å². The molecule has 0 fully saturated rings. The highest BCUT2D eigenvalue weighted by Crippen LogP contribution is 2.26. The second-order valence-corrected chi connectivity index (χ2v) is 5.43. The van der Waals surface area contributed by atoms with E-state index in [1.807, 2.05) is 0 Å². The molecule has 0 aliphatic rings. The Balaban J connectivity index is 2.97. The van der Waals surface area contributed by atoms with Crippen LogP contribution in [0.25, 0.3) is 0 Å². The first kappa shape index (κ1) is 17.1. The molecule has 1 unspecified atom stereocenters. The normalized spacial score (nSPS) is 13.2. The maximum absolute atomic E-state index is 14.0. The van der Waals surface area contributed by atoms with E-state index < -0.39 is 11.6 Å². The van der Waals surface area contributed by atoms with E-state index in [9.17, 15) is 8.78 Å². The third-order valence-corrected chi connectivity index (χ3v) is 3.65. The van der Waals surface area contributed by atoms with E-state index in [4.69, 9.17) is 5.73 Å². The zero-order chi connectivity index (χ0) is 15.1. The van der Waals surface area contributed by atoms with Gasteiger partial charge in [-0.3, -0.25) is 4.90 Å². The van der Waals surface area contributed by atoms with Crippen molar-refractivity contribution in [3.63, 3.8) is 0 Å². The Hall–Kier alpha value is -1.00. The fourth-order valence-corrected chi connectivity index (χ4v) is 2.54. The molecule has 0 saturated carbocycles. The number of rotatable bonds is 8. The van der Waals surface area contributed by atoms with Crippen LogP contribution in [0.3, 0.4) is 0 Å². The van der Waals surface area contributed by atoms with Crippen LogP contribution in [0.2, 0.25) is 0 Å². The van der Waals surface area contributed by atoms with Gasteiger partial charge in [0.25, 0.3) is 0 Å². The van der Waals surface area contributed by atoms with Crippen molar-refractivity contribution in [2.24, 2.45) is 5.73 Å². The Labute approximate surface area is 121 Å². The topological polar surface area (TPSA) is 29.3 Å². The van der Waals surface area contributed by atoms with Gasteiger partial charge in [-0.2, -0.15) is 0 Å². The molecule has 2 N–H and O–H groups in total. The summed E-state index contributed by atoms with van der Waals surface area (Å²) in [5.41, 5.74) is 6.19. The molecule has 4 heteroatoms. The average molecular weight is 284 g/mol. The highest BCUT2D eigenvalue weighted by molar-refractivity contribution is 5.23. The van der Waals surface area contributed by atoms with E-state index in [0.717, 1.165) is 31.9 Å². The van der Waals surface area contributed by atoms with Gasteiger partial charge in [-0.05, 0) is 32.9 Å². The second-order valence-electron chi connectivity index (χ2n) is 5.43. The Kier molecular flexibility index (Phi) is 7.10. The van der Waals surface area contributed by atoms with Gasteiger partial charge in [-0.1, -0.05) is 31.9 Å². The fourth-order valence-electron chi connectivity index (χ4n) is 2.54. The molecule has 1 rings (SSSR count). The number of benzene rings is 1. The van der Waals surface area contributed by atoms with Crippen molar-refractivity contribution in [2.75, 3.05) is 13.1 Å². The minimum absolute atomic E-state index is 0.239. The van der Waals surface area contributed by atoms with Crippen LogP contribution < -0.4 is 5.73 Å². The standard InChI is InChI=1S/C16H26F2N2/c1-4-5-6-10-20(12(2)3)15(11-19)13-8-7-9-14(17)16(13)18/h7-9,12,15H,4-6,10-11,19H2,1-3H3. The molecule has 114 valence electrons. The van der Waals surface area contributed by atoms with Crippen molar-refractivity contribution in [3.8, 4) is 0 Å². The summed E-state index contributed by atoms with van der Waals surface area (Å²) >= 11 is 0. The lowest BCUT2D eigenvalue weighted by Gasteiger charge is -2.35. The molecule has 1 atom stereocenters. The monoisotopic (exact) mass is 284 g/mol. The number of hydrogen-bond acceptors (Lipinski definition) is 2. The van der Waals surface area contributed by atoms with Gasteiger partial charge in [0.2, 0.25) is 0 Å². The molecule has 0 radical (unpaired) electrons. The van der Waals surface area contributed by atoms with Crippen LogP contribution >= 0.6 is 0 Å². The van der Waals surface area contributed by atoms with Gasteiger partial charge in [-0.25, -0.2) is 8.78 Å². The SMILES string of the molecule is CCCCCN(C(C)C)C(CN)c1cccc(F)c1F. The molecule has 0 aliphatic carbocycles. The van der Waals surface area contributed by atoms with Crippen molar-refractivity contribution in [1.82, 2.24) is 4.90 Å². The summed E-state index contributed by atoms with van der Waals surface area (Å²) in [4.78, 5) is 2.16. The van der Waals surface area contributed by atoms with Crippen molar-refractivity contribution >= 4 is 0 Å². The first-order valence-electron chi connectivity index (χ1n) is 7.42. The van der Waals surface area contributed by atoms with Gasteiger partial charge in [0.05, 0.1) is 6.04 Å². The minimum atomic E-state index is -0.807. The Morgan fingerprint density at radius 2 is 1.90 bits per heavy atom. The predicted octanol–water partition coefficient (Wildman–Crippen LogP) is 3.87. The van der Waals surface area contributed by atoms with Gasteiger partial charge >= 0.3 is 0 Å². The van der Waals surface area contributed by atoms with E-state index in [1.165, 1.54) is 0 Å². The van der Waals surface area contributed by atoms with E-state index >= 15 is 0 Å². The third-order valence-electron chi connectivity index (χ3n) is 3.65. The summed E-state index contributed by atoms with van der Waals surface area (Å²) in [5.74, 6) is -1.58. The largest absolute Gasteiger partial charge is 0.329 e. The number of unbranched alkanes of at least 4 members (excludes halogenated alkanes) is 2. The van der Waals surface area contributed by atoms with Crippen LogP contribution in [0, 0.1) is 11.6 Å². The highest BCUT2D eigenvalue weighted by Gasteiger charge is 2.25. The third kappa shape index (κ3) is 4.25. The number of hydrogen-bond donors (Lipinski definition) is 1. The Morgan fingerprint density at radius 3 is 2.45 bits per heavy atom. The minimum Gasteiger partial charge on any atom is -0.329 e. The van der Waals surface area contributed by atoms with Crippen LogP contribution in [0.15, 0.2) is 18.2 Å². The number of nitrogens with zero attached hydrogens (tertiary/aromatic N) is 1. The van der Waals surface area contributed by atoms with Gasteiger partial charge in [0.1, 0.15) is 0 Å². The van der Waals surface area contributed by atoms with E-state index in [0.29, 0.717) is 5.56 Å². The van der Waals surface area contributed by atoms with Crippen LogP contribution in [-0.4, -0.2) is 24.0 Å². The zero-order valence-electron chi connectivity index (χ0n) is 12.7. The summed E-state index contributed by atoms with van der Waals surface area (Å²) in [5, 5.41) is 0. The molecule has 0 aliphatic heterocycles. The number of halogens is 2. The predicted molar refractivity (Wildman–Crippen MR) is 79.5 cm³/mol. The van der Waals surface area contributed by atoms with E-state index in [-0.39, 0.29) is 18.6 Å². The quantitative estimate of drug-likeness (QED) is 0.734. The first-order valence-corrected chi connectivity index (χ1v) is 7.42. The maximum atomic E-state index is 14.0. The van der Waals surface area contributed by atoms with Crippen molar-refractivity contribution in [3.05, 3.63) is 35.4 Å². The van der Waals surface area contributed by atoms with E-state index in [2.05, 4.69) is 25.7 Å². The smallest absolute Gasteiger partial charge is 0.163 e. The Morgan fingerprint density at radius 1 is 1.20 bits per heavy atom. The highest BCUT2D eigenvalue weighted by atomic mass is 19.2. The summed E-state index contributed by atoms with van der Waals surface area (Å²) in [6, 6.07) is 4.28. The van der Waals surface area contributed by atoms with Crippen molar-refractivity contribution < 1.29 is 8.78 Å². The molecule has 0 heterocycles. The molecule has 0 aromatic heterocycles. The van der Waals surface area contributed by atoms with Crippen molar-refractivity contribution in [2.45, 2.75) is 52.1 Å². The lowest BCUT2D eigenvalue weighted by molar-refractivity contribution is 0.150. The summed E-state index contributed by atoms with van der Waals surface area (Å²) in [6.45, 7) is 7.40. The summed E-state index contributed by atoms with van der Waals surface area (Å²) in [7, 11) is 0. The molecule has 0 bridgehead atoms. The molecule has 2 nitrogen and oxygen atoms in total. The molecular weight excluding hydrogens is 258 g/mol. The lowest BCUT2D eigenvalue weighted by atomic mass is 10.0. The van der Waals surface area contributed by atoms with Gasteiger partial charge in [-0.15, -0.1) is 0 Å². The van der Waals surface area contributed by atoms with Crippen molar-refractivity contribution in [1.29, 1.82) is 0 Å². The van der Waals surface area contributed by atoms with Crippen LogP contribution in [0.4, 0.5) is 8.78 Å². The van der Waals surface area contributed by atoms with Crippen LogP contribution in [-0.2, 0) is 0 Å². The van der Waals surface area contributed by atoms with Gasteiger partial charge < -0.3 is 5.73 Å². The zero-order valence-corrected chi connectivity index (χ0v) is 12.7. The molecule has 20 heavy (non-hydrogen) atoms. The van der Waals surface area contributed by atoms with Crippen LogP contribution in [0.5, 0.6) is 0 Å². The first-order chi connectivity index (χ1) is 9.52. The maximum Gasteiger partial charge on any atom is 0.163 e. The fraction of sp³-hybridized carbons (Fsp3) is 0.625. The Bertz CT molecular complexity index is 407. The summed E-state index contributed by atoms with van der Waals surface area (Å²) in [6.07, 6.45) is 3.31. The molecule has 0 amide bonds. The lowest BCUT2D eigenvalue weighted by Crippen LogP contribution is -2.39. The van der Waals surface area contributed by atoms with Crippen LogP contribution in [0.1, 0.15) is 51.6 Å².